The molecule has 1 aliphatic carbocycles. The van der Waals surface area contributed by atoms with Gasteiger partial charge in [-0.1, -0.05) is 5.16 Å². The van der Waals surface area contributed by atoms with Crippen molar-refractivity contribution in [2.45, 2.75) is 68.5 Å². The van der Waals surface area contributed by atoms with Gasteiger partial charge in [0.15, 0.2) is 5.82 Å². The monoisotopic (exact) mass is 263 g/mol. The second-order valence-corrected chi connectivity index (χ2v) is 6.53. The summed E-state index contributed by atoms with van der Waals surface area (Å²) in [6.45, 7) is 0. The molecule has 2 saturated heterocycles. The summed E-state index contributed by atoms with van der Waals surface area (Å²) in [6, 6.07) is 1.41. The van der Waals surface area contributed by atoms with Crippen LogP contribution in [-0.4, -0.2) is 45.4 Å². The zero-order valence-corrected chi connectivity index (χ0v) is 11.3. The number of fused-ring (bicyclic) bond motifs is 2. The molecule has 2 aliphatic heterocycles. The van der Waals surface area contributed by atoms with E-state index >= 15 is 0 Å². The molecule has 2 bridgehead atoms. The lowest BCUT2D eigenvalue weighted by Gasteiger charge is -2.35. The summed E-state index contributed by atoms with van der Waals surface area (Å²) >= 11 is 0. The maximum Gasteiger partial charge on any atom is 0.229 e. The first kappa shape index (κ1) is 11.9. The van der Waals surface area contributed by atoms with Gasteiger partial charge in [-0.15, -0.1) is 0 Å². The molecule has 0 aromatic carbocycles. The van der Waals surface area contributed by atoms with E-state index < -0.39 is 0 Å². The molecule has 1 saturated carbocycles. The third-order valence-corrected chi connectivity index (χ3v) is 5.38. The average Bonchev–Trinajstić information content (AvgIpc) is 2.89. The van der Waals surface area contributed by atoms with Crippen molar-refractivity contribution in [2.24, 2.45) is 0 Å². The Balaban J connectivity index is 1.48. The van der Waals surface area contributed by atoms with E-state index in [1.165, 1.54) is 25.7 Å². The van der Waals surface area contributed by atoms with Crippen LogP contribution in [-0.2, 0) is 0 Å². The van der Waals surface area contributed by atoms with Gasteiger partial charge in [-0.2, -0.15) is 4.98 Å². The van der Waals surface area contributed by atoms with Gasteiger partial charge in [0, 0.05) is 23.9 Å². The van der Waals surface area contributed by atoms with Crippen LogP contribution in [0.1, 0.15) is 62.1 Å². The van der Waals surface area contributed by atoms with Crippen molar-refractivity contribution >= 4 is 0 Å². The third-order valence-electron chi connectivity index (χ3n) is 5.38. The molecule has 1 N–H and O–H groups in total. The van der Waals surface area contributed by atoms with Gasteiger partial charge in [-0.25, -0.2) is 0 Å². The van der Waals surface area contributed by atoms with E-state index in [1.807, 2.05) is 0 Å². The minimum absolute atomic E-state index is 0.167. The topological polar surface area (TPSA) is 62.4 Å². The molecule has 1 aromatic heterocycles. The Hall–Kier alpha value is -0.940. The highest BCUT2D eigenvalue weighted by Crippen LogP contribution is 2.42. The molecular formula is C14H21N3O2. The van der Waals surface area contributed by atoms with Crippen molar-refractivity contribution in [3.8, 4) is 0 Å². The fraction of sp³-hybridized carbons (Fsp3) is 0.857. The maximum absolute atomic E-state index is 9.35. The fourth-order valence-electron chi connectivity index (χ4n) is 3.99. The Morgan fingerprint density at radius 3 is 2.42 bits per heavy atom. The average molecular weight is 263 g/mol. The number of aliphatic hydroxyl groups excluding tert-OH is 1. The first-order valence-electron chi connectivity index (χ1n) is 7.44. The van der Waals surface area contributed by atoms with Gasteiger partial charge < -0.3 is 14.5 Å². The fourth-order valence-corrected chi connectivity index (χ4v) is 3.99. The summed E-state index contributed by atoms with van der Waals surface area (Å²) in [7, 11) is 2.25. The number of aromatic nitrogens is 2. The van der Waals surface area contributed by atoms with Gasteiger partial charge in [0.25, 0.3) is 0 Å². The van der Waals surface area contributed by atoms with E-state index in [1.54, 1.807) is 0 Å². The summed E-state index contributed by atoms with van der Waals surface area (Å²) in [4.78, 5) is 7.13. The molecule has 4 rings (SSSR count). The minimum Gasteiger partial charge on any atom is -0.393 e. The maximum atomic E-state index is 9.35. The number of hydrogen-bond donors (Lipinski definition) is 1. The van der Waals surface area contributed by atoms with Crippen LogP contribution in [0.2, 0.25) is 0 Å². The third kappa shape index (κ3) is 1.91. The number of hydrogen-bond acceptors (Lipinski definition) is 5. The van der Waals surface area contributed by atoms with Crippen molar-refractivity contribution < 1.29 is 9.63 Å². The highest BCUT2D eigenvalue weighted by molar-refractivity contribution is 5.08. The van der Waals surface area contributed by atoms with E-state index in [2.05, 4.69) is 22.1 Å². The molecular weight excluding hydrogens is 242 g/mol. The first-order chi connectivity index (χ1) is 9.20. The van der Waals surface area contributed by atoms with Crippen molar-refractivity contribution in [1.82, 2.24) is 15.0 Å². The molecule has 3 fully saturated rings. The van der Waals surface area contributed by atoms with Crippen LogP contribution in [0.25, 0.3) is 0 Å². The van der Waals surface area contributed by atoms with Crippen LogP contribution < -0.4 is 0 Å². The van der Waals surface area contributed by atoms with Gasteiger partial charge in [-0.3, -0.25) is 0 Å². The molecule has 3 aliphatic rings. The Morgan fingerprint density at radius 2 is 1.79 bits per heavy atom. The molecule has 0 spiro atoms. The lowest BCUT2D eigenvalue weighted by Crippen LogP contribution is -2.39. The second-order valence-electron chi connectivity index (χ2n) is 6.53. The van der Waals surface area contributed by atoms with Gasteiger partial charge in [0.1, 0.15) is 0 Å². The van der Waals surface area contributed by atoms with Crippen LogP contribution in [0.15, 0.2) is 4.52 Å². The Bertz CT molecular complexity index is 455. The van der Waals surface area contributed by atoms with Crippen molar-refractivity contribution in [3.63, 3.8) is 0 Å². The Labute approximate surface area is 113 Å². The molecule has 3 heterocycles. The number of piperidine rings is 1. The van der Waals surface area contributed by atoms with Crippen LogP contribution in [0.5, 0.6) is 0 Å². The van der Waals surface area contributed by atoms with E-state index in [0.717, 1.165) is 24.6 Å². The Kier molecular flexibility index (Phi) is 2.67. The SMILES string of the molecule is CN1C2CCC1CC(c1noc(C3CC(O)C3)n1)C2. The van der Waals surface area contributed by atoms with Gasteiger partial charge in [0.2, 0.25) is 5.89 Å². The summed E-state index contributed by atoms with van der Waals surface area (Å²) in [6.07, 6.45) is 6.35. The second kappa shape index (κ2) is 4.28. The zero-order chi connectivity index (χ0) is 13.0. The van der Waals surface area contributed by atoms with Crippen molar-refractivity contribution in [2.75, 3.05) is 7.05 Å². The van der Waals surface area contributed by atoms with Crippen LogP contribution in [0.3, 0.4) is 0 Å². The minimum atomic E-state index is -0.167. The predicted octanol–water partition coefficient (Wildman–Crippen LogP) is 1.65. The lowest BCUT2D eigenvalue weighted by molar-refractivity contribution is 0.0624. The summed E-state index contributed by atoms with van der Waals surface area (Å²) in [5.74, 6) is 2.41. The summed E-state index contributed by atoms with van der Waals surface area (Å²) in [5, 5.41) is 13.5. The highest BCUT2D eigenvalue weighted by Gasteiger charge is 2.41. The molecule has 0 radical (unpaired) electrons. The van der Waals surface area contributed by atoms with Crippen LogP contribution in [0.4, 0.5) is 0 Å². The summed E-state index contributed by atoms with van der Waals surface area (Å²) < 4.78 is 5.40. The standard InChI is InChI=1S/C14H21N3O2/c1-17-10-2-3-11(17)5-8(4-10)13-15-14(19-16-13)9-6-12(18)7-9/h8-12,18H,2-7H2,1H3. The van der Waals surface area contributed by atoms with Crippen molar-refractivity contribution in [1.29, 1.82) is 0 Å². The van der Waals surface area contributed by atoms with E-state index in [9.17, 15) is 5.11 Å². The first-order valence-corrected chi connectivity index (χ1v) is 7.44. The smallest absolute Gasteiger partial charge is 0.229 e. The lowest BCUT2D eigenvalue weighted by atomic mass is 9.82. The molecule has 104 valence electrons. The van der Waals surface area contributed by atoms with E-state index in [4.69, 9.17) is 4.52 Å². The molecule has 19 heavy (non-hydrogen) atoms. The van der Waals surface area contributed by atoms with Crippen LogP contribution >= 0.6 is 0 Å². The van der Waals surface area contributed by atoms with Gasteiger partial charge in [0.05, 0.1) is 6.10 Å². The van der Waals surface area contributed by atoms with E-state index in [0.29, 0.717) is 23.9 Å². The highest BCUT2D eigenvalue weighted by atomic mass is 16.5. The summed E-state index contributed by atoms with van der Waals surface area (Å²) in [5.41, 5.74) is 0. The van der Waals surface area contributed by atoms with Crippen molar-refractivity contribution in [3.05, 3.63) is 11.7 Å². The quantitative estimate of drug-likeness (QED) is 0.879. The Morgan fingerprint density at radius 1 is 1.11 bits per heavy atom. The zero-order valence-electron chi connectivity index (χ0n) is 11.3. The molecule has 5 nitrogen and oxygen atoms in total. The molecule has 5 heteroatoms. The molecule has 2 unspecified atom stereocenters. The van der Waals surface area contributed by atoms with Crippen LogP contribution in [0, 0.1) is 0 Å². The van der Waals surface area contributed by atoms with E-state index in [-0.39, 0.29) is 6.10 Å². The molecule has 0 amide bonds. The molecule has 1 aromatic rings. The largest absolute Gasteiger partial charge is 0.393 e. The van der Waals surface area contributed by atoms with Gasteiger partial charge in [-0.05, 0) is 45.6 Å². The predicted molar refractivity (Wildman–Crippen MR) is 68.8 cm³/mol. The molecule has 2 atom stereocenters. The normalized spacial score (nSPS) is 42.3. The number of aliphatic hydroxyl groups is 1. The number of nitrogens with zero attached hydrogens (tertiary/aromatic N) is 3. The number of rotatable bonds is 2. The van der Waals surface area contributed by atoms with Gasteiger partial charge >= 0.3 is 0 Å².